The van der Waals surface area contributed by atoms with Crippen LogP contribution >= 0.6 is 0 Å². The van der Waals surface area contributed by atoms with Crippen molar-refractivity contribution < 1.29 is 4.42 Å². The van der Waals surface area contributed by atoms with E-state index in [4.69, 9.17) is 4.42 Å². The number of para-hydroxylation sites is 2. The summed E-state index contributed by atoms with van der Waals surface area (Å²) in [6, 6.07) is 78.7. The average Bonchev–Trinajstić information content (AvgIpc) is 3.86. The SMILES string of the molecule is c1cc(-c2ccc(N(c3ccc(-c4cccc5oc6c7ccccc7ccc6c45)cc3)c3ccc4ccccc4c3)cc2)cc(-n2c3ccccc3c3ccccc32)c1. The number of benzene rings is 10. The van der Waals surface area contributed by atoms with Gasteiger partial charge in [-0.1, -0.05) is 146 Å². The minimum atomic E-state index is 0.899. The van der Waals surface area contributed by atoms with Crippen molar-refractivity contribution in [3.63, 3.8) is 0 Å². The smallest absolute Gasteiger partial charge is 0.143 e. The Balaban J connectivity index is 0.941. The van der Waals surface area contributed by atoms with Gasteiger partial charge in [0.15, 0.2) is 0 Å². The highest BCUT2D eigenvalue weighted by Crippen LogP contribution is 2.42. The molecule has 59 heavy (non-hydrogen) atoms. The number of nitrogens with zero attached hydrogens (tertiary/aromatic N) is 2. The first kappa shape index (κ1) is 33.3. The van der Waals surface area contributed by atoms with E-state index in [0.717, 1.165) is 61.2 Å². The van der Waals surface area contributed by atoms with Crippen molar-refractivity contribution in [1.82, 2.24) is 4.57 Å². The number of rotatable bonds is 6. The van der Waals surface area contributed by atoms with Gasteiger partial charge < -0.3 is 13.9 Å². The molecule has 10 aromatic carbocycles. The predicted molar refractivity (Wildman–Crippen MR) is 249 cm³/mol. The van der Waals surface area contributed by atoms with Crippen LogP contribution in [0.3, 0.4) is 0 Å². The minimum Gasteiger partial charge on any atom is -0.455 e. The lowest BCUT2D eigenvalue weighted by Crippen LogP contribution is -2.09. The summed E-state index contributed by atoms with van der Waals surface area (Å²) in [6.07, 6.45) is 0. The fourth-order valence-corrected chi connectivity index (χ4v) is 9.18. The number of furan rings is 1. The van der Waals surface area contributed by atoms with Gasteiger partial charge in [0.2, 0.25) is 0 Å². The van der Waals surface area contributed by atoms with E-state index in [1.807, 2.05) is 0 Å². The average molecular weight is 753 g/mol. The normalized spacial score (nSPS) is 11.7. The van der Waals surface area contributed by atoms with Crippen LogP contribution in [0.4, 0.5) is 17.1 Å². The second-order valence-electron chi connectivity index (χ2n) is 15.3. The molecule has 12 aromatic rings. The molecule has 276 valence electrons. The molecule has 2 aromatic heterocycles. The number of fused-ring (bicyclic) bond motifs is 9. The van der Waals surface area contributed by atoms with E-state index >= 15 is 0 Å². The Labute approximate surface area is 341 Å². The van der Waals surface area contributed by atoms with Gasteiger partial charge >= 0.3 is 0 Å². The molecule has 0 N–H and O–H groups in total. The molecule has 0 aliphatic carbocycles. The maximum Gasteiger partial charge on any atom is 0.143 e. The largest absolute Gasteiger partial charge is 0.455 e. The molecular weight excluding hydrogens is 717 g/mol. The molecule has 3 heteroatoms. The molecule has 3 nitrogen and oxygen atoms in total. The fraction of sp³-hybridized carbons (Fsp3) is 0. The first-order valence-electron chi connectivity index (χ1n) is 20.2. The Morgan fingerprint density at radius 3 is 1.69 bits per heavy atom. The lowest BCUT2D eigenvalue weighted by molar-refractivity contribution is 0.673. The molecule has 0 aliphatic heterocycles. The molecule has 2 heterocycles. The van der Waals surface area contributed by atoms with Crippen LogP contribution in [0.2, 0.25) is 0 Å². The van der Waals surface area contributed by atoms with Gasteiger partial charge in [0.1, 0.15) is 11.2 Å². The summed E-state index contributed by atoms with van der Waals surface area (Å²) in [5, 5.41) is 9.55. The van der Waals surface area contributed by atoms with Crippen molar-refractivity contribution >= 4 is 82.4 Å². The third kappa shape index (κ3) is 5.44. The van der Waals surface area contributed by atoms with Crippen molar-refractivity contribution in [3.8, 4) is 27.9 Å². The summed E-state index contributed by atoms with van der Waals surface area (Å²) in [7, 11) is 0. The maximum atomic E-state index is 6.53. The number of hydrogen-bond donors (Lipinski definition) is 0. The van der Waals surface area contributed by atoms with Gasteiger partial charge in [-0.15, -0.1) is 0 Å². The fourth-order valence-electron chi connectivity index (χ4n) is 9.18. The van der Waals surface area contributed by atoms with Crippen LogP contribution in [0.15, 0.2) is 223 Å². The van der Waals surface area contributed by atoms with Gasteiger partial charge in [-0.3, -0.25) is 0 Å². The molecule has 0 radical (unpaired) electrons. The number of anilines is 3. The molecular formula is C56H36N2O. The highest BCUT2D eigenvalue weighted by Gasteiger charge is 2.18. The van der Waals surface area contributed by atoms with Gasteiger partial charge in [-0.2, -0.15) is 0 Å². The molecule has 0 aliphatic rings. The van der Waals surface area contributed by atoms with Crippen LogP contribution in [0.5, 0.6) is 0 Å². The van der Waals surface area contributed by atoms with E-state index in [9.17, 15) is 0 Å². The molecule has 0 spiro atoms. The summed E-state index contributed by atoms with van der Waals surface area (Å²) < 4.78 is 8.91. The molecule has 0 saturated carbocycles. The lowest BCUT2D eigenvalue weighted by atomic mass is 9.98. The number of aromatic nitrogens is 1. The van der Waals surface area contributed by atoms with Crippen molar-refractivity contribution in [1.29, 1.82) is 0 Å². The van der Waals surface area contributed by atoms with Crippen molar-refractivity contribution in [2.45, 2.75) is 0 Å². The summed E-state index contributed by atoms with van der Waals surface area (Å²) in [5.74, 6) is 0. The van der Waals surface area contributed by atoms with Crippen molar-refractivity contribution in [2.24, 2.45) is 0 Å². The molecule has 0 fully saturated rings. The molecule has 0 atom stereocenters. The molecule has 0 amide bonds. The maximum absolute atomic E-state index is 6.53. The van der Waals surface area contributed by atoms with E-state index in [-0.39, 0.29) is 0 Å². The third-order valence-corrected chi connectivity index (χ3v) is 12.0. The highest BCUT2D eigenvalue weighted by atomic mass is 16.3. The van der Waals surface area contributed by atoms with E-state index in [0.29, 0.717) is 0 Å². The molecule has 0 bridgehead atoms. The molecule has 12 rings (SSSR count). The summed E-state index contributed by atoms with van der Waals surface area (Å²) in [5.41, 5.74) is 13.3. The molecule has 0 unspecified atom stereocenters. The first-order valence-corrected chi connectivity index (χ1v) is 20.2. The van der Waals surface area contributed by atoms with Crippen molar-refractivity contribution in [2.75, 3.05) is 4.90 Å². The minimum absolute atomic E-state index is 0.899. The molecule has 0 saturated heterocycles. The number of hydrogen-bond acceptors (Lipinski definition) is 2. The van der Waals surface area contributed by atoms with E-state index in [1.165, 1.54) is 49.1 Å². The summed E-state index contributed by atoms with van der Waals surface area (Å²) in [4.78, 5) is 2.36. The zero-order chi connectivity index (χ0) is 38.9. The van der Waals surface area contributed by atoms with Crippen LogP contribution in [0.1, 0.15) is 0 Å². The zero-order valence-corrected chi connectivity index (χ0v) is 32.1. The Hall–Kier alpha value is -7.88. The van der Waals surface area contributed by atoms with Crippen LogP contribution < -0.4 is 4.90 Å². The van der Waals surface area contributed by atoms with Crippen LogP contribution in [-0.2, 0) is 0 Å². The van der Waals surface area contributed by atoms with Crippen LogP contribution in [0, 0.1) is 0 Å². The summed E-state index contributed by atoms with van der Waals surface area (Å²) >= 11 is 0. The standard InChI is InChI=1S/C56H36N2O/c1-2-13-41-36-46(33-25-37(41)11-1)57(44-31-26-40(27-32-44)47-19-10-22-54-55(47)51-34-28-39-12-3-4-16-48(39)56(51)59-54)43-29-23-38(24-30-43)42-14-9-15-45(35-42)58-52-20-7-5-17-49(52)50-18-6-8-21-53(50)58/h1-36H. The van der Waals surface area contributed by atoms with E-state index < -0.39 is 0 Å². The Morgan fingerprint density at radius 1 is 0.356 bits per heavy atom. The highest BCUT2D eigenvalue weighted by molar-refractivity contribution is 6.19. The second-order valence-corrected chi connectivity index (χ2v) is 15.3. The monoisotopic (exact) mass is 752 g/mol. The van der Waals surface area contributed by atoms with Crippen LogP contribution in [-0.4, -0.2) is 4.57 Å². The van der Waals surface area contributed by atoms with Gasteiger partial charge in [0.25, 0.3) is 0 Å². The quantitative estimate of drug-likeness (QED) is 0.169. The topological polar surface area (TPSA) is 21.3 Å². The van der Waals surface area contributed by atoms with Crippen molar-refractivity contribution in [3.05, 3.63) is 218 Å². The Kier molecular flexibility index (Phi) is 7.54. The second kappa shape index (κ2) is 13.4. The van der Waals surface area contributed by atoms with Gasteiger partial charge in [0.05, 0.1) is 11.0 Å². The lowest BCUT2D eigenvalue weighted by Gasteiger charge is -2.26. The van der Waals surface area contributed by atoms with E-state index in [1.54, 1.807) is 0 Å². The van der Waals surface area contributed by atoms with E-state index in [2.05, 4.69) is 228 Å². The Bertz CT molecular complexity index is 3500. The first-order chi connectivity index (χ1) is 29.2. The van der Waals surface area contributed by atoms with Gasteiger partial charge in [-0.05, 0) is 111 Å². The van der Waals surface area contributed by atoms with Gasteiger partial charge in [0, 0.05) is 49.7 Å². The Morgan fingerprint density at radius 2 is 0.949 bits per heavy atom. The third-order valence-electron chi connectivity index (χ3n) is 12.0. The van der Waals surface area contributed by atoms with Gasteiger partial charge in [-0.25, -0.2) is 0 Å². The zero-order valence-electron chi connectivity index (χ0n) is 32.1. The van der Waals surface area contributed by atoms with Crippen LogP contribution in [0.25, 0.3) is 93.2 Å². The summed E-state index contributed by atoms with van der Waals surface area (Å²) in [6.45, 7) is 0. The predicted octanol–water partition coefficient (Wildman–Crippen LogP) is 15.8.